The Bertz CT molecular complexity index is 182. The van der Waals surface area contributed by atoms with Crippen LogP contribution in [0.25, 0.3) is 0 Å². The van der Waals surface area contributed by atoms with E-state index in [0.29, 0.717) is 11.9 Å². The molecule has 0 aromatic heterocycles. The predicted molar refractivity (Wildman–Crippen MR) is 51.8 cm³/mol. The van der Waals surface area contributed by atoms with Crippen LogP contribution in [-0.2, 0) is 9.47 Å². The maximum Gasteiger partial charge on any atom is 0.177 e. The van der Waals surface area contributed by atoms with Crippen LogP contribution in [0, 0.1) is 0 Å². The minimum Gasteiger partial charge on any atom is -0.394 e. The lowest BCUT2D eigenvalue weighted by Gasteiger charge is -2.28. The van der Waals surface area contributed by atoms with Crippen LogP contribution in [-0.4, -0.2) is 41.2 Å². The summed E-state index contributed by atoms with van der Waals surface area (Å²) in [6, 6.07) is 0. The van der Waals surface area contributed by atoms with E-state index in [4.69, 9.17) is 14.6 Å². The summed E-state index contributed by atoms with van der Waals surface area (Å²) in [4.78, 5) is 0. The summed E-state index contributed by atoms with van der Waals surface area (Å²) in [7, 11) is 0. The van der Waals surface area contributed by atoms with E-state index in [1.807, 2.05) is 18.7 Å². The largest absolute Gasteiger partial charge is 0.394 e. The van der Waals surface area contributed by atoms with Crippen molar-refractivity contribution in [1.82, 2.24) is 0 Å². The number of rotatable bonds is 2. The van der Waals surface area contributed by atoms with Gasteiger partial charge in [-0.15, -0.1) is 0 Å². The highest BCUT2D eigenvalue weighted by Gasteiger charge is 2.45. The molecule has 2 aliphatic rings. The summed E-state index contributed by atoms with van der Waals surface area (Å²) in [6.07, 6.45) is 2.30. The molecule has 0 radical (unpaired) electrons. The summed E-state index contributed by atoms with van der Waals surface area (Å²) in [6.45, 7) is 2.59. The topological polar surface area (TPSA) is 38.7 Å². The lowest BCUT2D eigenvalue weighted by atomic mass is 10.1. The molecule has 1 N–H and O–H groups in total. The van der Waals surface area contributed by atoms with E-state index in [-0.39, 0.29) is 12.7 Å². The summed E-state index contributed by atoms with van der Waals surface area (Å²) in [5.41, 5.74) is 0. The first-order valence-corrected chi connectivity index (χ1v) is 5.84. The third kappa shape index (κ3) is 1.86. The maximum absolute atomic E-state index is 8.93. The second-order valence-electron chi connectivity index (χ2n) is 3.75. The average Bonchev–Trinajstić information content (AvgIpc) is 2.72. The summed E-state index contributed by atoms with van der Waals surface area (Å²) < 4.78 is 11.3. The van der Waals surface area contributed by atoms with Crippen LogP contribution in [0.1, 0.15) is 19.8 Å². The molecule has 2 aliphatic heterocycles. The molecule has 0 aliphatic carbocycles. The molecule has 0 amide bonds. The molecule has 0 aromatic carbocycles. The predicted octanol–water partition coefficient (Wildman–Crippen LogP) is 1.01. The standard InChI is InChI=1S/C9H16O3S/c1-9(8-3-2-4-13-8)11-6-7(5-10)12-9/h7-8,10H,2-6H2,1H3. The van der Waals surface area contributed by atoms with Gasteiger partial charge in [0.15, 0.2) is 5.79 Å². The molecule has 2 fully saturated rings. The molecule has 13 heavy (non-hydrogen) atoms. The molecule has 0 bridgehead atoms. The first kappa shape index (κ1) is 9.77. The highest BCUT2D eigenvalue weighted by atomic mass is 32.2. The van der Waals surface area contributed by atoms with Crippen LogP contribution in [0.2, 0.25) is 0 Å². The number of ether oxygens (including phenoxy) is 2. The zero-order valence-electron chi connectivity index (χ0n) is 7.86. The van der Waals surface area contributed by atoms with Crippen LogP contribution < -0.4 is 0 Å². The first-order chi connectivity index (χ1) is 6.24. The fourth-order valence-electron chi connectivity index (χ4n) is 1.91. The lowest BCUT2D eigenvalue weighted by molar-refractivity contribution is -0.156. The Morgan fingerprint density at radius 1 is 1.62 bits per heavy atom. The Balaban J connectivity index is 1.96. The zero-order valence-corrected chi connectivity index (χ0v) is 8.68. The SMILES string of the molecule is CC1(C2CCCS2)OCC(CO)O1. The molecule has 4 heteroatoms. The van der Waals surface area contributed by atoms with E-state index in [1.54, 1.807) is 0 Å². The van der Waals surface area contributed by atoms with E-state index in [1.165, 1.54) is 18.6 Å². The Kier molecular flexibility index (Phi) is 2.83. The number of thioether (sulfide) groups is 1. The zero-order chi connectivity index (χ0) is 9.31. The smallest absolute Gasteiger partial charge is 0.177 e. The van der Waals surface area contributed by atoms with Gasteiger partial charge in [-0.25, -0.2) is 0 Å². The van der Waals surface area contributed by atoms with Crippen molar-refractivity contribution in [3.05, 3.63) is 0 Å². The van der Waals surface area contributed by atoms with Crippen LogP contribution in [0.15, 0.2) is 0 Å². The number of hydrogen-bond donors (Lipinski definition) is 1. The van der Waals surface area contributed by atoms with E-state index in [9.17, 15) is 0 Å². The van der Waals surface area contributed by atoms with Gasteiger partial charge in [-0.2, -0.15) is 11.8 Å². The second-order valence-corrected chi connectivity index (χ2v) is 5.06. The third-order valence-corrected chi connectivity index (χ3v) is 4.27. The quantitative estimate of drug-likeness (QED) is 0.728. The van der Waals surface area contributed by atoms with Crippen molar-refractivity contribution in [2.75, 3.05) is 19.0 Å². The van der Waals surface area contributed by atoms with Crippen LogP contribution in [0.5, 0.6) is 0 Å². The van der Waals surface area contributed by atoms with Crippen LogP contribution in [0.3, 0.4) is 0 Å². The number of hydrogen-bond acceptors (Lipinski definition) is 4. The van der Waals surface area contributed by atoms with Gasteiger partial charge >= 0.3 is 0 Å². The molecule has 2 rings (SSSR count). The molecule has 3 nitrogen and oxygen atoms in total. The second kappa shape index (κ2) is 3.77. The minimum atomic E-state index is -0.450. The van der Waals surface area contributed by atoms with E-state index in [0.717, 1.165) is 0 Å². The van der Waals surface area contributed by atoms with Crippen LogP contribution >= 0.6 is 11.8 Å². The van der Waals surface area contributed by atoms with Gasteiger partial charge in [0.1, 0.15) is 6.10 Å². The summed E-state index contributed by atoms with van der Waals surface area (Å²) in [5.74, 6) is 0.755. The average molecular weight is 204 g/mol. The van der Waals surface area contributed by atoms with Crippen LogP contribution in [0.4, 0.5) is 0 Å². The Labute approximate surface area is 82.8 Å². The van der Waals surface area contributed by atoms with E-state index in [2.05, 4.69) is 0 Å². The van der Waals surface area contributed by atoms with Gasteiger partial charge in [0.05, 0.1) is 18.5 Å². The van der Waals surface area contributed by atoms with Gasteiger partial charge in [-0.05, 0) is 25.5 Å². The molecule has 3 atom stereocenters. The minimum absolute atomic E-state index is 0.0625. The monoisotopic (exact) mass is 204 g/mol. The van der Waals surface area contributed by atoms with Gasteiger partial charge in [0, 0.05) is 0 Å². The van der Waals surface area contributed by atoms with Crippen molar-refractivity contribution in [2.45, 2.75) is 36.9 Å². The van der Waals surface area contributed by atoms with Gasteiger partial charge in [-0.3, -0.25) is 0 Å². The normalized spacial score (nSPS) is 45.7. The van der Waals surface area contributed by atoms with Crippen molar-refractivity contribution in [2.24, 2.45) is 0 Å². The molecule has 76 valence electrons. The van der Waals surface area contributed by atoms with E-state index < -0.39 is 5.79 Å². The Hall–Kier alpha value is 0.230. The van der Waals surface area contributed by atoms with Gasteiger partial charge in [-0.1, -0.05) is 0 Å². The van der Waals surface area contributed by atoms with Crippen molar-refractivity contribution >= 4 is 11.8 Å². The van der Waals surface area contributed by atoms with Crippen molar-refractivity contribution < 1.29 is 14.6 Å². The van der Waals surface area contributed by atoms with Gasteiger partial charge < -0.3 is 14.6 Å². The number of aliphatic hydroxyl groups is 1. The van der Waals surface area contributed by atoms with Gasteiger partial charge in [0.25, 0.3) is 0 Å². The lowest BCUT2D eigenvalue weighted by Crippen LogP contribution is -2.37. The highest BCUT2D eigenvalue weighted by molar-refractivity contribution is 8.00. The summed E-state index contributed by atoms with van der Waals surface area (Å²) in [5, 5.41) is 9.38. The molecular formula is C9H16O3S. The molecule has 0 saturated carbocycles. The summed E-state index contributed by atoms with van der Waals surface area (Å²) >= 11 is 1.92. The number of aliphatic hydroxyl groups excluding tert-OH is 1. The molecule has 0 aromatic rings. The van der Waals surface area contributed by atoms with Crippen molar-refractivity contribution in [1.29, 1.82) is 0 Å². The molecular weight excluding hydrogens is 188 g/mol. The molecule has 2 heterocycles. The first-order valence-electron chi connectivity index (χ1n) is 4.79. The highest BCUT2D eigenvalue weighted by Crippen LogP contribution is 2.40. The van der Waals surface area contributed by atoms with E-state index >= 15 is 0 Å². The fourth-order valence-corrected chi connectivity index (χ4v) is 3.28. The maximum atomic E-state index is 8.93. The Morgan fingerprint density at radius 2 is 2.46 bits per heavy atom. The van der Waals surface area contributed by atoms with Crippen molar-refractivity contribution in [3.63, 3.8) is 0 Å². The van der Waals surface area contributed by atoms with Gasteiger partial charge in [0.2, 0.25) is 0 Å². The van der Waals surface area contributed by atoms with Crippen molar-refractivity contribution in [3.8, 4) is 0 Å². The Morgan fingerprint density at radius 3 is 3.00 bits per heavy atom. The molecule has 2 saturated heterocycles. The fraction of sp³-hybridized carbons (Fsp3) is 1.00. The molecule has 0 spiro atoms. The molecule has 3 unspecified atom stereocenters. The third-order valence-electron chi connectivity index (χ3n) is 2.67.